The first-order chi connectivity index (χ1) is 17.5. The van der Waals surface area contributed by atoms with E-state index in [9.17, 15) is 19.2 Å². The fourth-order valence-corrected chi connectivity index (χ4v) is 4.40. The Morgan fingerprint density at radius 3 is 1.68 bits per heavy atom. The lowest BCUT2D eigenvalue weighted by Gasteiger charge is -2.07. The first-order valence-corrected chi connectivity index (χ1v) is 13.1. The van der Waals surface area contributed by atoms with Gasteiger partial charge in [-0.3, -0.25) is 14.4 Å². The summed E-state index contributed by atoms with van der Waals surface area (Å²) in [6.07, 6.45) is 0. The zero-order chi connectivity index (χ0) is 27.5. The molecule has 0 unspecified atom stereocenters. The van der Waals surface area contributed by atoms with Gasteiger partial charge >= 0.3 is 5.97 Å². The number of thiazole rings is 2. The number of amides is 3. The van der Waals surface area contributed by atoms with Crippen LogP contribution >= 0.6 is 54.5 Å². The number of nitrogens with zero attached hydrogens (tertiary/aromatic N) is 2. The molecule has 192 valence electrons. The molecule has 3 amide bonds. The Morgan fingerprint density at radius 1 is 0.784 bits per heavy atom. The molecule has 0 spiro atoms. The number of anilines is 2. The average Bonchev–Trinajstić information content (AvgIpc) is 3.49. The average molecular weight is 670 g/mol. The predicted octanol–water partition coefficient (Wildman–Crippen LogP) is 4.23. The summed E-state index contributed by atoms with van der Waals surface area (Å²) >= 11 is 8.79. The molecule has 0 saturated carbocycles. The molecule has 2 heterocycles. The van der Waals surface area contributed by atoms with E-state index in [0.29, 0.717) is 24.8 Å². The highest BCUT2D eigenvalue weighted by Gasteiger charge is 2.14. The number of para-hydroxylation sites is 2. The molecule has 0 saturated heterocycles. The fraction of sp³-hybridized carbons (Fsp3) is 0. The normalized spacial score (nSPS) is 9.68. The number of nitrogen functional groups attached to an aromatic ring is 1. The third-order valence-corrected chi connectivity index (χ3v) is 6.80. The van der Waals surface area contributed by atoms with Gasteiger partial charge in [0, 0.05) is 16.4 Å². The summed E-state index contributed by atoms with van der Waals surface area (Å²) in [7, 11) is 0. The van der Waals surface area contributed by atoms with Crippen molar-refractivity contribution in [2.75, 3.05) is 11.1 Å². The molecule has 2 aromatic heterocycles. The van der Waals surface area contributed by atoms with Crippen LogP contribution in [0.2, 0.25) is 0 Å². The van der Waals surface area contributed by atoms with Crippen molar-refractivity contribution in [3.63, 3.8) is 0 Å². The number of carbonyl (C=O) groups is 4. The smallest absolute Gasteiger partial charge is 0.355 e. The number of hydrogen-bond donors (Lipinski definition) is 5. The van der Waals surface area contributed by atoms with Gasteiger partial charge in [-0.1, -0.05) is 24.3 Å². The summed E-state index contributed by atoms with van der Waals surface area (Å²) in [6.45, 7) is 0. The molecule has 37 heavy (non-hydrogen) atoms. The molecule has 15 heteroatoms. The number of carboxylic acid groups (broad SMARTS) is 1. The topological polar surface area (TPSA) is 204 Å². The van der Waals surface area contributed by atoms with Gasteiger partial charge in [0.05, 0.1) is 16.8 Å². The summed E-state index contributed by atoms with van der Waals surface area (Å²) in [5.41, 5.74) is 17.5. The standard InChI is InChI=1S/C11H8BrN3O2S.C7H8N2O.C4H2BrNO2S/c12-11-15-8(5-18-11)10(17)14-7-4-2-1-3-6(7)9(13)16;8-6-4-2-1-3-5(6)7(9)10;5-4-6-2(1-9-4)3(7)8/h1-5H,(H2,13,16)(H,14,17);1-4H,8H2,(H2,9,10);1H,(H,7,8). The van der Waals surface area contributed by atoms with Gasteiger partial charge in [0.2, 0.25) is 0 Å². The second kappa shape index (κ2) is 14.2. The molecule has 0 aliphatic rings. The molecular formula is C22H18Br2N6O5S2. The number of benzene rings is 2. The molecule has 2 aromatic carbocycles. The van der Waals surface area contributed by atoms with Crippen LogP contribution in [0.15, 0.2) is 67.1 Å². The van der Waals surface area contributed by atoms with E-state index in [1.54, 1.807) is 53.9 Å². The van der Waals surface area contributed by atoms with Gasteiger partial charge in [-0.05, 0) is 56.1 Å². The van der Waals surface area contributed by atoms with Gasteiger partial charge in [0.25, 0.3) is 17.7 Å². The zero-order valence-electron chi connectivity index (χ0n) is 18.6. The molecule has 0 aliphatic carbocycles. The highest BCUT2D eigenvalue weighted by Crippen LogP contribution is 2.19. The van der Waals surface area contributed by atoms with Gasteiger partial charge in [-0.2, -0.15) is 0 Å². The summed E-state index contributed by atoms with van der Waals surface area (Å²) in [4.78, 5) is 51.4. The minimum atomic E-state index is -0.989. The molecule has 0 bridgehead atoms. The molecule has 8 N–H and O–H groups in total. The largest absolute Gasteiger partial charge is 0.476 e. The minimum Gasteiger partial charge on any atom is -0.476 e. The van der Waals surface area contributed by atoms with Crippen molar-refractivity contribution in [1.29, 1.82) is 0 Å². The first kappa shape index (κ1) is 29.6. The summed E-state index contributed by atoms with van der Waals surface area (Å²) in [5.74, 6) is -2.45. The quantitative estimate of drug-likeness (QED) is 0.194. The van der Waals surface area contributed by atoms with Crippen LogP contribution in [0, 0.1) is 0 Å². The van der Waals surface area contributed by atoms with Gasteiger partial charge in [0.15, 0.2) is 13.5 Å². The van der Waals surface area contributed by atoms with E-state index in [1.165, 1.54) is 28.1 Å². The van der Waals surface area contributed by atoms with Crippen molar-refractivity contribution in [2.24, 2.45) is 11.5 Å². The van der Waals surface area contributed by atoms with Gasteiger partial charge in [-0.25, -0.2) is 14.8 Å². The fourth-order valence-electron chi connectivity index (χ4n) is 2.42. The van der Waals surface area contributed by atoms with E-state index in [4.69, 9.17) is 22.3 Å². The molecule has 0 radical (unpaired) electrons. The lowest BCUT2D eigenvalue weighted by atomic mass is 10.1. The number of aromatic carboxylic acids is 1. The lowest BCUT2D eigenvalue weighted by molar-refractivity contribution is 0.0690. The van der Waals surface area contributed by atoms with E-state index in [1.807, 2.05) is 0 Å². The van der Waals surface area contributed by atoms with Crippen LogP contribution in [0.3, 0.4) is 0 Å². The molecule has 0 atom stereocenters. The number of nitrogens with one attached hydrogen (secondary N) is 1. The van der Waals surface area contributed by atoms with Crippen molar-refractivity contribution in [2.45, 2.75) is 0 Å². The van der Waals surface area contributed by atoms with Crippen molar-refractivity contribution in [3.05, 3.63) is 89.6 Å². The Kier molecular flexibility index (Phi) is 11.3. The van der Waals surface area contributed by atoms with Crippen LogP contribution in [0.1, 0.15) is 41.7 Å². The number of rotatable bonds is 5. The minimum absolute atomic E-state index is 0.0897. The number of carboxylic acids is 1. The molecule has 4 aromatic rings. The van der Waals surface area contributed by atoms with Crippen molar-refractivity contribution >= 4 is 89.6 Å². The Hall–Kier alpha value is -3.66. The van der Waals surface area contributed by atoms with Crippen molar-refractivity contribution in [3.8, 4) is 0 Å². The SMILES string of the molecule is NC(=O)c1ccccc1N.NC(=O)c1ccccc1NC(=O)c1csc(Br)n1.O=C(O)c1csc(Br)n1. The van der Waals surface area contributed by atoms with Crippen LogP contribution < -0.4 is 22.5 Å². The highest BCUT2D eigenvalue weighted by atomic mass is 79.9. The predicted molar refractivity (Wildman–Crippen MR) is 149 cm³/mol. The Morgan fingerprint density at radius 2 is 1.27 bits per heavy atom. The third-order valence-electron chi connectivity index (χ3n) is 4.07. The molecule has 4 rings (SSSR count). The monoisotopic (exact) mass is 668 g/mol. The van der Waals surface area contributed by atoms with Crippen LogP contribution in [0.25, 0.3) is 0 Å². The van der Waals surface area contributed by atoms with E-state index < -0.39 is 17.8 Å². The first-order valence-electron chi connectivity index (χ1n) is 9.79. The van der Waals surface area contributed by atoms with Gasteiger partial charge in [-0.15, -0.1) is 22.7 Å². The number of hydrogen-bond acceptors (Lipinski definition) is 9. The van der Waals surface area contributed by atoms with E-state index >= 15 is 0 Å². The van der Waals surface area contributed by atoms with Crippen molar-refractivity contribution < 1.29 is 24.3 Å². The van der Waals surface area contributed by atoms with Gasteiger partial charge in [0.1, 0.15) is 5.69 Å². The summed E-state index contributed by atoms with van der Waals surface area (Å²) in [6, 6.07) is 13.2. The Bertz CT molecular complexity index is 1430. The third kappa shape index (κ3) is 9.38. The van der Waals surface area contributed by atoms with E-state index in [-0.39, 0.29) is 22.9 Å². The molecular weight excluding hydrogens is 652 g/mol. The lowest BCUT2D eigenvalue weighted by Crippen LogP contribution is -2.18. The number of aromatic nitrogens is 2. The molecule has 0 aliphatic heterocycles. The number of nitrogens with two attached hydrogens (primary N) is 3. The Balaban J connectivity index is 0.000000214. The Labute approximate surface area is 235 Å². The van der Waals surface area contributed by atoms with Crippen LogP contribution in [-0.4, -0.2) is 38.8 Å². The van der Waals surface area contributed by atoms with E-state index in [0.717, 1.165) is 0 Å². The summed E-state index contributed by atoms with van der Waals surface area (Å²) < 4.78 is 1.22. The van der Waals surface area contributed by atoms with Crippen LogP contribution in [0.5, 0.6) is 0 Å². The summed E-state index contributed by atoms with van der Waals surface area (Å²) in [5, 5.41) is 14.0. The maximum absolute atomic E-state index is 11.9. The van der Waals surface area contributed by atoms with E-state index in [2.05, 4.69) is 47.1 Å². The van der Waals surface area contributed by atoms with Crippen LogP contribution in [-0.2, 0) is 0 Å². The number of halogens is 2. The number of primary amides is 2. The maximum Gasteiger partial charge on any atom is 0.355 e. The maximum atomic E-state index is 11.9. The second-order valence-electron chi connectivity index (χ2n) is 6.59. The highest BCUT2D eigenvalue weighted by molar-refractivity contribution is 9.11. The number of carbonyl (C=O) groups excluding carboxylic acids is 3. The van der Waals surface area contributed by atoms with Gasteiger partial charge < -0.3 is 27.6 Å². The van der Waals surface area contributed by atoms with Crippen LogP contribution in [0.4, 0.5) is 11.4 Å². The molecule has 11 nitrogen and oxygen atoms in total. The second-order valence-corrected chi connectivity index (χ2v) is 10.9. The zero-order valence-corrected chi connectivity index (χ0v) is 23.4. The molecule has 0 fully saturated rings. The van der Waals surface area contributed by atoms with Crippen molar-refractivity contribution in [1.82, 2.24) is 9.97 Å².